The van der Waals surface area contributed by atoms with Gasteiger partial charge in [0.2, 0.25) is 15.9 Å². The minimum absolute atomic E-state index is 0.128. The maximum Gasteiger partial charge on any atom is 0.246 e. The van der Waals surface area contributed by atoms with Crippen molar-refractivity contribution in [3.8, 4) is 5.75 Å². The first kappa shape index (κ1) is 22.2. The van der Waals surface area contributed by atoms with E-state index in [9.17, 15) is 17.6 Å². The number of carbonyl (C=O) groups excluding carboxylic acids is 1. The number of nitrogens with zero attached hydrogens (tertiary/aromatic N) is 2. The zero-order chi connectivity index (χ0) is 21.7. The Kier molecular flexibility index (Phi) is 7.06. The summed E-state index contributed by atoms with van der Waals surface area (Å²) in [6.45, 7) is 3.38. The Labute approximate surface area is 176 Å². The molecule has 1 saturated heterocycles. The van der Waals surface area contributed by atoms with E-state index in [1.54, 1.807) is 14.0 Å². The van der Waals surface area contributed by atoms with Gasteiger partial charge in [0, 0.05) is 32.7 Å². The maximum absolute atomic E-state index is 13.9. The first-order chi connectivity index (χ1) is 14.3. The summed E-state index contributed by atoms with van der Waals surface area (Å²) in [5, 5.41) is 2.91. The highest BCUT2D eigenvalue weighted by Gasteiger charge is 2.33. The lowest BCUT2D eigenvalue weighted by molar-refractivity contribution is -0.126. The highest BCUT2D eigenvalue weighted by molar-refractivity contribution is 7.89. The van der Waals surface area contributed by atoms with Gasteiger partial charge in [0.05, 0.1) is 13.2 Å². The molecule has 7 nitrogen and oxygen atoms in total. The average Bonchev–Trinajstić information content (AvgIpc) is 2.77. The topological polar surface area (TPSA) is 79.0 Å². The molecule has 0 saturated carbocycles. The Hall–Kier alpha value is -2.49. The molecule has 0 bridgehead atoms. The van der Waals surface area contributed by atoms with E-state index in [1.807, 2.05) is 29.2 Å². The number of hydrogen-bond donors (Lipinski definition) is 1. The van der Waals surface area contributed by atoms with Gasteiger partial charge >= 0.3 is 0 Å². The Bertz CT molecular complexity index is 974. The van der Waals surface area contributed by atoms with Gasteiger partial charge in [-0.1, -0.05) is 24.3 Å². The van der Waals surface area contributed by atoms with E-state index in [2.05, 4.69) is 5.32 Å². The molecular weight excluding hydrogens is 409 g/mol. The third-order valence-electron chi connectivity index (χ3n) is 5.28. The molecule has 1 fully saturated rings. The fourth-order valence-corrected chi connectivity index (χ4v) is 4.86. The van der Waals surface area contributed by atoms with E-state index in [4.69, 9.17) is 4.74 Å². The van der Waals surface area contributed by atoms with Crippen molar-refractivity contribution in [2.75, 3.05) is 33.3 Å². The van der Waals surface area contributed by atoms with Gasteiger partial charge in [-0.25, -0.2) is 12.8 Å². The molecule has 1 amide bonds. The SMILES string of the molecule is COc1ccc(CNC(=O)[C@@H](C)N2CCN(S(=O)(=O)c3ccccc3F)CC2)cc1. The largest absolute Gasteiger partial charge is 0.497 e. The lowest BCUT2D eigenvalue weighted by Crippen LogP contribution is -2.54. The first-order valence-electron chi connectivity index (χ1n) is 9.72. The molecule has 1 aliphatic rings. The molecule has 0 radical (unpaired) electrons. The Morgan fingerprint density at radius 3 is 2.33 bits per heavy atom. The predicted octanol–water partition coefficient (Wildman–Crippen LogP) is 1.85. The standard InChI is InChI=1S/C21H26FN3O4S/c1-16(21(26)23-15-17-7-9-18(29-2)10-8-17)24-11-13-25(14-12-24)30(27,28)20-6-4-3-5-19(20)22/h3-10,16H,11-15H2,1-2H3,(H,23,26)/t16-/m1/s1. The zero-order valence-corrected chi connectivity index (χ0v) is 17.9. The number of amides is 1. The molecule has 1 aliphatic heterocycles. The summed E-state index contributed by atoms with van der Waals surface area (Å²) in [4.78, 5) is 14.1. The van der Waals surface area contributed by atoms with Gasteiger partial charge in [0.1, 0.15) is 16.5 Å². The third-order valence-corrected chi connectivity index (χ3v) is 7.21. The number of rotatable bonds is 7. The van der Waals surface area contributed by atoms with Crippen molar-refractivity contribution in [1.29, 1.82) is 0 Å². The summed E-state index contributed by atoms with van der Waals surface area (Å²) in [6, 6.07) is 12.4. The van der Waals surface area contributed by atoms with E-state index < -0.39 is 21.9 Å². The summed E-state index contributed by atoms with van der Waals surface area (Å²) in [5.74, 6) is -0.135. The van der Waals surface area contributed by atoms with Crippen LogP contribution in [0.15, 0.2) is 53.4 Å². The van der Waals surface area contributed by atoms with Crippen molar-refractivity contribution in [2.24, 2.45) is 0 Å². The van der Waals surface area contributed by atoms with Crippen LogP contribution in [0.3, 0.4) is 0 Å². The van der Waals surface area contributed by atoms with Crippen molar-refractivity contribution in [3.63, 3.8) is 0 Å². The highest BCUT2D eigenvalue weighted by atomic mass is 32.2. The van der Waals surface area contributed by atoms with E-state index in [-0.39, 0.29) is 23.9 Å². The van der Waals surface area contributed by atoms with Crippen molar-refractivity contribution in [1.82, 2.24) is 14.5 Å². The van der Waals surface area contributed by atoms with Gasteiger partial charge in [-0.2, -0.15) is 4.31 Å². The predicted molar refractivity (Wildman–Crippen MR) is 111 cm³/mol. The van der Waals surface area contributed by atoms with Crippen LogP contribution >= 0.6 is 0 Å². The highest BCUT2D eigenvalue weighted by Crippen LogP contribution is 2.21. The van der Waals surface area contributed by atoms with Crippen LogP contribution in [0.1, 0.15) is 12.5 Å². The van der Waals surface area contributed by atoms with Crippen LogP contribution in [0, 0.1) is 5.82 Å². The smallest absolute Gasteiger partial charge is 0.246 e. The summed E-state index contributed by atoms with van der Waals surface area (Å²) < 4.78 is 45.7. The van der Waals surface area contributed by atoms with Gasteiger partial charge in [0.25, 0.3) is 0 Å². The normalized spacial score (nSPS) is 16.8. The summed E-state index contributed by atoms with van der Waals surface area (Å²) in [7, 11) is -2.30. The lowest BCUT2D eigenvalue weighted by atomic mass is 10.2. The van der Waals surface area contributed by atoms with E-state index in [0.717, 1.165) is 17.4 Å². The van der Waals surface area contributed by atoms with Crippen molar-refractivity contribution < 1.29 is 22.3 Å². The number of halogens is 1. The van der Waals surface area contributed by atoms with Crippen molar-refractivity contribution in [2.45, 2.75) is 24.4 Å². The lowest BCUT2D eigenvalue weighted by Gasteiger charge is -2.36. The number of nitrogens with one attached hydrogen (secondary N) is 1. The zero-order valence-electron chi connectivity index (χ0n) is 17.0. The third kappa shape index (κ3) is 4.97. The average molecular weight is 436 g/mol. The molecule has 2 aromatic rings. The minimum atomic E-state index is -3.89. The fourth-order valence-electron chi connectivity index (χ4n) is 3.37. The molecule has 9 heteroatoms. The summed E-state index contributed by atoms with van der Waals surface area (Å²) >= 11 is 0. The second-order valence-electron chi connectivity index (χ2n) is 7.11. The van der Waals surface area contributed by atoms with E-state index in [0.29, 0.717) is 19.6 Å². The molecule has 0 aliphatic carbocycles. The molecule has 1 N–H and O–H groups in total. The number of sulfonamides is 1. The van der Waals surface area contributed by atoms with Crippen LogP contribution in [0.4, 0.5) is 4.39 Å². The Morgan fingerprint density at radius 2 is 1.73 bits per heavy atom. The Balaban J connectivity index is 1.53. The second-order valence-corrected chi connectivity index (χ2v) is 9.02. The number of carbonyl (C=O) groups is 1. The van der Waals surface area contributed by atoms with Crippen LogP contribution < -0.4 is 10.1 Å². The van der Waals surface area contributed by atoms with Gasteiger partial charge in [0.15, 0.2) is 0 Å². The molecule has 0 spiro atoms. The number of hydrogen-bond acceptors (Lipinski definition) is 5. The maximum atomic E-state index is 13.9. The van der Waals surface area contributed by atoms with E-state index >= 15 is 0 Å². The monoisotopic (exact) mass is 435 g/mol. The van der Waals surface area contributed by atoms with Crippen molar-refractivity contribution >= 4 is 15.9 Å². The van der Waals surface area contributed by atoms with E-state index in [1.165, 1.54) is 22.5 Å². The molecule has 2 aromatic carbocycles. The van der Waals surface area contributed by atoms with Crippen LogP contribution in [-0.2, 0) is 21.4 Å². The number of piperazine rings is 1. The molecule has 3 rings (SSSR count). The molecule has 0 aromatic heterocycles. The molecule has 1 heterocycles. The minimum Gasteiger partial charge on any atom is -0.497 e. The van der Waals surface area contributed by atoms with Gasteiger partial charge < -0.3 is 10.1 Å². The van der Waals surface area contributed by atoms with Gasteiger partial charge in [-0.15, -0.1) is 0 Å². The van der Waals surface area contributed by atoms with Gasteiger partial charge in [-0.3, -0.25) is 9.69 Å². The van der Waals surface area contributed by atoms with Crippen molar-refractivity contribution in [3.05, 3.63) is 59.9 Å². The molecule has 1 atom stereocenters. The van der Waals surface area contributed by atoms with Crippen LogP contribution in [0.2, 0.25) is 0 Å². The second kappa shape index (κ2) is 9.55. The summed E-state index contributed by atoms with van der Waals surface area (Å²) in [5.41, 5.74) is 0.956. The van der Waals surface area contributed by atoms with Crippen LogP contribution in [0.25, 0.3) is 0 Å². The number of benzene rings is 2. The molecule has 30 heavy (non-hydrogen) atoms. The fraction of sp³-hybridized carbons (Fsp3) is 0.381. The quantitative estimate of drug-likeness (QED) is 0.718. The van der Waals surface area contributed by atoms with Crippen LogP contribution in [-0.4, -0.2) is 62.9 Å². The van der Waals surface area contributed by atoms with Gasteiger partial charge in [-0.05, 0) is 36.8 Å². The number of methoxy groups -OCH3 is 1. The molecular formula is C21H26FN3O4S. The Morgan fingerprint density at radius 1 is 1.10 bits per heavy atom. The first-order valence-corrected chi connectivity index (χ1v) is 11.2. The van der Waals surface area contributed by atoms with Crippen LogP contribution in [0.5, 0.6) is 5.75 Å². The molecule has 162 valence electrons. The number of ether oxygens (including phenoxy) is 1. The molecule has 0 unspecified atom stereocenters. The summed E-state index contributed by atoms with van der Waals surface area (Å²) in [6.07, 6.45) is 0.